The average Bonchev–Trinajstić information content (AvgIpc) is 3.16. The number of amides is 1. The Morgan fingerprint density at radius 3 is 2.44 bits per heavy atom. The van der Waals surface area contributed by atoms with Crippen molar-refractivity contribution in [3.63, 3.8) is 0 Å². The second kappa shape index (κ2) is 8.65. The van der Waals surface area contributed by atoms with Crippen molar-refractivity contribution >= 4 is 21.6 Å². The first-order valence-corrected chi connectivity index (χ1v) is 10.5. The van der Waals surface area contributed by atoms with Crippen LogP contribution in [0.4, 0.5) is 5.69 Å². The zero-order chi connectivity index (χ0) is 19.3. The lowest BCUT2D eigenvalue weighted by molar-refractivity contribution is -0.115. The van der Waals surface area contributed by atoms with Crippen LogP contribution in [-0.2, 0) is 26.0 Å². The van der Waals surface area contributed by atoms with Crippen LogP contribution in [-0.4, -0.2) is 33.6 Å². The smallest absolute Gasteiger partial charge is 0.240 e. The van der Waals surface area contributed by atoms with E-state index in [1.807, 2.05) is 31.2 Å². The van der Waals surface area contributed by atoms with Crippen molar-refractivity contribution in [1.82, 2.24) is 4.72 Å². The van der Waals surface area contributed by atoms with E-state index in [1.165, 1.54) is 12.1 Å². The fourth-order valence-corrected chi connectivity index (χ4v) is 3.97. The van der Waals surface area contributed by atoms with Crippen LogP contribution in [0.5, 0.6) is 0 Å². The third-order valence-corrected chi connectivity index (χ3v) is 5.90. The summed E-state index contributed by atoms with van der Waals surface area (Å²) < 4.78 is 32.7. The Bertz CT molecular complexity index is 871. The minimum absolute atomic E-state index is 0.0555. The van der Waals surface area contributed by atoms with Gasteiger partial charge in [-0.1, -0.05) is 29.8 Å². The van der Waals surface area contributed by atoms with Gasteiger partial charge in [0.05, 0.1) is 17.4 Å². The van der Waals surface area contributed by atoms with Gasteiger partial charge in [-0.05, 0) is 49.6 Å². The predicted octanol–water partition coefficient (Wildman–Crippen LogP) is 2.63. The highest BCUT2D eigenvalue weighted by Gasteiger charge is 2.20. The van der Waals surface area contributed by atoms with E-state index in [4.69, 9.17) is 4.74 Å². The number of carbonyl (C=O) groups is 1. The molecule has 2 aromatic rings. The molecule has 1 fully saturated rings. The summed E-state index contributed by atoms with van der Waals surface area (Å²) >= 11 is 0. The van der Waals surface area contributed by atoms with Crippen LogP contribution in [0.25, 0.3) is 0 Å². The second-order valence-corrected chi connectivity index (χ2v) is 8.49. The normalized spacial score (nSPS) is 17.0. The SMILES string of the molecule is Cc1ccc(CC(=O)Nc2ccc(S(=O)(=O)NC[C@@H]3CCCO3)cc2)cc1. The van der Waals surface area contributed by atoms with Crippen LogP contribution in [0.3, 0.4) is 0 Å². The average molecular weight is 388 g/mol. The molecule has 7 heteroatoms. The number of nitrogens with one attached hydrogen (secondary N) is 2. The minimum Gasteiger partial charge on any atom is -0.377 e. The van der Waals surface area contributed by atoms with Gasteiger partial charge in [0.15, 0.2) is 0 Å². The highest BCUT2D eigenvalue weighted by molar-refractivity contribution is 7.89. The summed E-state index contributed by atoms with van der Waals surface area (Å²) in [6.07, 6.45) is 2.04. The highest BCUT2D eigenvalue weighted by Crippen LogP contribution is 2.16. The molecule has 2 N–H and O–H groups in total. The molecule has 144 valence electrons. The summed E-state index contributed by atoms with van der Waals surface area (Å²) in [5, 5.41) is 2.79. The molecule has 1 aliphatic rings. The predicted molar refractivity (Wildman–Crippen MR) is 104 cm³/mol. The molecule has 0 saturated carbocycles. The number of benzene rings is 2. The van der Waals surface area contributed by atoms with E-state index in [1.54, 1.807) is 12.1 Å². The van der Waals surface area contributed by atoms with Gasteiger partial charge >= 0.3 is 0 Å². The van der Waals surface area contributed by atoms with E-state index in [0.717, 1.165) is 24.0 Å². The lowest BCUT2D eigenvalue weighted by Crippen LogP contribution is -2.31. The van der Waals surface area contributed by atoms with Gasteiger partial charge in [-0.3, -0.25) is 4.79 Å². The number of hydrogen-bond donors (Lipinski definition) is 2. The van der Waals surface area contributed by atoms with E-state index >= 15 is 0 Å². The molecule has 1 heterocycles. The molecule has 27 heavy (non-hydrogen) atoms. The quantitative estimate of drug-likeness (QED) is 0.764. The molecule has 0 spiro atoms. The number of sulfonamides is 1. The maximum absolute atomic E-state index is 12.3. The first kappa shape index (κ1) is 19.5. The third kappa shape index (κ3) is 5.63. The van der Waals surface area contributed by atoms with Crippen LogP contribution in [0.2, 0.25) is 0 Å². The third-order valence-electron chi connectivity index (χ3n) is 4.46. The Balaban J connectivity index is 1.55. The molecular weight excluding hydrogens is 364 g/mol. The molecule has 1 atom stereocenters. The van der Waals surface area contributed by atoms with Gasteiger partial charge in [-0.25, -0.2) is 13.1 Å². The Morgan fingerprint density at radius 2 is 1.81 bits per heavy atom. The summed E-state index contributed by atoms with van der Waals surface area (Å²) in [5.74, 6) is -0.147. The number of hydrogen-bond acceptors (Lipinski definition) is 4. The summed E-state index contributed by atoms with van der Waals surface area (Å²) in [6, 6.07) is 13.9. The van der Waals surface area contributed by atoms with Gasteiger partial charge < -0.3 is 10.1 Å². The Labute approximate surface area is 160 Å². The lowest BCUT2D eigenvalue weighted by Gasteiger charge is -2.12. The van der Waals surface area contributed by atoms with E-state index in [9.17, 15) is 13.2 Å². The molecule has 0 bridgehead atoms. The van der Waals surface area contributed by atoms with Crippen LogP contribution < -0.4 is 10.0 Å². The molecule has 0 aliphatic carbocycles. The van der Waals surface area contributed by atoms with Gasteiger partial charge in [0.25, 0.3) is 0 Å². The molecule has 1 amide bonds. The van der Waals surface area contributed by atoms with Crippen LogP contribution in [0, 0.1) is 6.92 Å². The first-order chi connectivity index (χ1) is 12.9. The largest absolute Gasteiger partial charge is 0.377 e. The molecule has 3 rings (SSSR count). The first-order valence-electron chi connectivity index (χ1n) is 8.99. The van der Waals surface area contributed by atoms with Crippen molar-refractivity contribution in [1.29, 1.82) is 0 Å². The van der Waals surface area contributed by atoms with E-state index in [-0.39, 0.29) is 29.9 Å². The maximum Gasteiger partial charge on any atom is 0.240 e. The van der Waals surface area contributed by atoms with Crippen molar-refractivity contribution in [3.8, 4) is 0 Å². The molecule has 1 saturated heterocycles. The standard InChI is InChI=1S/C20H24N2O4S/c1-15-4-6-16(7-5-15)13-20(23)22-17-8-10-19(11-9-17)27(24,25)21-14-18-3-2-12-26-18/h4-11,18,21H,2-3,12-14H2,1H3,(H,22,23)/t18-/m0/s1. The fourth-order valence-electron chi connectivity index (χ4n) is 2.91. The van der Waals surface area contributed by atoms with E-state index in [2.05, 4.69) is 10.0 Å². The molecule has 0 radical (unpaired) electrons. The van der Waals surface area contributed by atoms with Crippen LogP contribution in [0.1, 0.15) is 24.0 Å². The van der Waals surface area contributed by atoms with Crippen molar-refractivity contribution in [2.45, 2.75) is 37.2 Å². The maximum atomic E-state index is 12.3. The molecule has 0 unspecified atom stereocenters. The Morgan fingerprint density at radius 1 is 1.11 bits per heavy atom. The Kier molecular flexibility index (Phi) is 6.26. The van der Waals surface area contributed by atoms with Crippen molar-refractivity contribution in [2.75, 3.05) is 18.5 Å². The van der Waals surface area contributed by atoms with Crippen molar-refractivity contribution in [3.05, 3.63) is 59.7 Å². The number of carbonyl (C=O) groups excluding carboxylic acids is 1. The van der Waals surface area contributed by atoms with Gasteiger partial charge in [0, 0.05) is 18.8 Å². The molecule has 2 aromatic carbocycles. The summed E-state index contributed by atoms with van der Waals surface area (Å²) in [4.78, 5) is 12.3. The topological polar surface area (TPSA) is 84.5 Å². The highest BCUT2D eigenvalue weighted by atomic mass is 32.2. The lowest BCUT2D eigenvalue weighted by atomic mass is 10.1. The fraction of sp³-hybridized carbons (Fsp3) is 0.350. The number of aryl methyl sites for hydroxylation is 1. The zero-order valence-electron chi connectivity index (χ0n) is 15.3. The van der Waals surface area contributed by atoms with E-state index < -0.39 is 10.0 Å². The minimum atomic E-state index is -3.59. The molecule has 0 aromatic heterocycles. The molecular formula is C20H24N2O4S. The van der Waals surface area contributed by atoms with Gasteiger partial charge in [-0.2, -0.15) is 0 Å². The van der Waals surface area contributed by atoms with Gasteiger partial charge in [0.2, 0.25) is 15.9 Å². The molecule has 1 aliphatic heterocycles. The van der Waals surface area contributed by atoms with Gasteiger partial charge in [-0.15, -0.1) is 0 Å². The summed E-state index contributed by atoms with van der Waals surface area (Å²) in [6.45, 7) is 2.95. The van der Waals surface area contributed by atoms with Crippen molar-refractivity contribution in [2.24, 2.45) is 0 Å². The van der Waals surface area contributed by atoms with Gasteiger partial charge in [0.1, 0.15) is 0 Å². The van der Waals surface area contributed by atoms with Crippen LogP contribution in [0.15, 0.2) is 53.4 Å². The monoisotopic (exact) mass is 388 g/mol. The summed E-state index contributed by atoms with van der Waals surface area (Å²) in [5.41, 5.74) is 2.63. The zero-order valence-corrected chi connectivity index (χ0v) is 16.1. The number of ether oxygens (including phenoxy) is 1. The number of anilines is 1. The number of rotatable bonds is 7. The van der Waals surface area contributed by atoms with Crippen molar-refractivity contribution < 1.29 is 17.9 Å². The van der Waals surface area contributed by atoms with Crippen LogP contribution >= 0.6 is 0 Å². The summed E-state index contributed by atoms with van der Waals surface area (Å²) in [7, 11) is -3.59. The second-order valence-electron chi connectivity index (χ2n) is 6.72. The molecule has 6 nitrogen and oxygen atoms in total. The Hall–Kier alpha value is -2.22. The van der Waals surface area contributed by atoms with E-state index in [0.29, 0.717) is 12.3 Å².